The third kappa shape index (κ3) is 4.03. The maximum absolute atomic E-state index is 14.1. The van der Waals surface area contributed by atoms with Gasteiger partial charge in [0.25, 0.3) is 0 Å². The molecule has 1 unspecified atom stereocenters. The minimum atomic E-state index is -0.613. The zero-order chi connectivity index (χ0) is 26.8. The van der Waals surface area contributed by atoms with Gasteiger partial charge in [0.2, 0.25) is 0 Å². The Morgan fingerprint density at radius 1 is 1.16 bits per heavy atom. The molecule has 200 valence electrons. The average Bonchev–Trinajstić information content (AvgIpc) is 3.50. The summed E-state index contributed by atoms with van der Waals surface area (Å²) in [5.41, 5.74) is 7.42. The van der Waals surface area contributed by atoms with E-state index in [1.807, 2.05) is 25.1 Å². The number of nitrogens with one attached hydrogen (secondary N) is 2. The summed E-state index contributed by atoms with van der Waals surface area (Å²) in [6.45, 7) is 14.7. The van der Waals surface area contributed by atoms with Gasteiger partial charge in [-0.2, -0.15) is 5.10 Å². The number of hydrogen-bond donors (Lipinski definition) is 3. The number of aromatic hydroxyl groups is 1. The van der Waals surface area contributed by atoms with Crippen LogP contribution in [-0.4, -0.2) is 43.3 Å². The number of hydrogen-bond acceptors (Lipinski definition) is 4. The van der Waals surface area contributed by atoms with Gasteiger partial charge in [0.1, 0.15) is 5.69 Å². The van der Waals surface area contributed by atoms with E-state index in [1.165, 1.54) is 30.7 Å². The van der Waals surface area contributed by atoms with Crippen LogP contribution in [0.4, 0.5) is 4.39 Å². The molecule has 0 saturated heterocycles. The Kier molecular flexibility index (Phi) is 5.91. The van der Waals surface area contributed by atoms with Gasteiger partial charge in [0.15, 0.2) is 17.4 Å². The maximum atomic E-state index is 14.1. The summed E-state index contributed by atoms with van der Waals surface area (Å²) in [6, 6.07) is 8.91. The fraction of sp³-hybridized carbons (Fsp3) is 0.484. The smallest absolute Gasteiger partial charge is 0.165 e. The lowest BCUT2D eigenvalue weighted by Crippen LogP contribution is -2.52. The lowest BCUT2D eigenvalue weighted by molar-refractivity contribution is -0.100. The number of nitrogens with zero attached hydrogens (tertiary/aromatic N) is 3. The van der Waals surface area contributed by atoms with E-state index in [1.54, 1.807) is 0 Å². The van der Waals surface area contributed by atoms with Crippen LogP contribution < -0.4 is 0 Å². The van der Waals surface area contributed by atoms with Crippen LogP contribution in [-0.2, 0) is 19.4 Å². The highest BCUT2D eigenvalue weighted by Crippen LogP contribution is 2.61. The molecule has 1 aliphatic carbocycles. The highest BCUT2D eigenvalue weighted by atomic mass is 19.1. The molecule has 2 aliphatic rings. The molecule has 38 heavy (non-hydrogen) atoms. The number of phenols is 1. The third-order valence-electron chi connectivity index (χ3n) is 9.88. The molecular weight excluding hydrogens is 477 g/mol. The molecule has 6 rings (SSSR count). The van der Waals surface area contributed by atoms with Crippen molar-refractivity contribution in [1.82, 2.24) is 25.1 Å². The van der Waals surface area contributed by atoms with Crippen molar-refractivity contribution >= 4 is 10.9 Å². The molecule has 3 heterocycles. The van der Waals surface area contributed by atoms with Crippen LogP contribution in [0.1, 0.15) is 64.4 Å². The van der Waals surface area contributed by atoms with E-state index < -0.39 is 5.82 Å². The predicted octanol–water partition coefficient (Wildman–Crippen LogP) is 6.85. The van der Waals surface area contributed by atoms with Crippen molar-refractivity contribution in [2.75, 3.05) is 13.1 Å². The van der Waals surface area contributed by atoms with Crippen molar-refractivity contribution in [3.8, 4) is 28.4 Å². The van der Waals surface area contributed by atoms with E-state index >= 15 is 0 Å². The fourth-order valence-corrected chi connectivity index (χ4v) is 6.54. The van der Waals surface area contributed by atoms with Gasteiger partial charge in [-0.1, -0.05) is 40.7 Å². The molecule has 6 nitrogen and oxygen atoms in total. The Balaban J connectivity index is 1.20. The highest BCUT2D eigenvalue weighted by Gasteiger charge is 2.53. The molecule has 4 aromatic rings. The number of imidazole rings is 1. The standard InChI is InChI=1S/C31H38FN5O/c1-6-18-14-27(38)23(32)15-22(18)19-7-8-21-25(13-19)35-36-28(21)29-33-24-10-12-37(17-26(24)34-29)11-9-20-16-30(2,3)31(20,4)5/h7-8,13-15,20,38H,6,9-12,16-17H2,1-5H3,(H,33,34)(H,35,36). The van der Waals surface area contributed by atoms with Gasteiger partial charge in [0.05, 0.1) is 16.9 Å². The number of aromatic amines is 2. The van der Waals surface area contributed by atoms with Gasteiger partial charge in [-0.25, -0.2) is 9.37 Å². The zero-order valence-electron chi connectivity index (χ0n) is 23.1. The van der Waals surface area contributed by atoms with Crippen molar-refractivity contribution < 1.29 is 9.50 Å². The number of aryl methyl sites for hydroxylation is 1. The molecular formula is C31H38FN5O. The van der Waals surface area contributed by atoms with E-state index in [4.69, 9.17) is 4.98 Å². The molecule has 1 saturated carbocycles. The van der Waals surface area contributed by atoms with Gasteiger partial charge >= 0.3 is 0 Å². The monoisotopic (exact) mass is 515 g/mol. The first-order chi connectivity index (χ1) is 18.1. The molecule has 2 aromatic heterocycles. The maximum Gasteiger partial charge on any atom is 0.165 e. The molecule has 1 fully saturated rings. The lowest BCUT2D eigenvalue weighted by Gasteiger charge is -2.59. The van der Waals surface area contributed by atoms with Gasteiger partial charge in [-0.05, 0) is 83.5 Å². The number of phenolic OH excluding ortho intramolecular Hbond substituents is 1. The molecule has 1 aliphatic heterocycles. The summed E-state index contributed by atoms with van der Waals surface area (Å²) in [5, 5.41) is 18.5. The quantitative estimate of drug-likeness (QED) is 0.262. The number of rotatable bonds is 6. The normalized spacial score (nSPS) is 20.4. The van der Waals surface area contributed by atoms with E-state index in [0.29, 0.717) is 17.3 Å². The molecule has 0 bridgehead atoms. The number of halogens is 1. The van der Waals surface area contributed by atoms with E-state index in [2.05, 4.69) is 47.8 Å². The predicted molar refractivity (Wildman–Crippen MR) is 149 cm³/mol. The second-order valence-corrected chi connectivity index (χ2v) is 12.5. The number of fused-ring (bicyclic) bond motifs is 2. The van der Waals surface area contributed by atoms with Crippen LogP contribution in [0, 0.1) is 22.6 Å². The minimum absolute atomic E-state index is 0.313. The average molecular weight is 516 g/mol. The first-order valence-corrected chi connectivity index (χ1v) is 13.9. The SMILES string of the molecule is CCc1cc(O)c(F)cc1-c1ccc2c(-c3nc4c([nH]3)CN(CCC3CC(C)(C)C3(C)C)CC4)n[nH]c2c1. The van der Waals surface area contributed by atoms with Crippen molar-refractivity contribution in [2.24, 2.45) is 16.7 Å². The Morgan fingerprint density at radius 3 is 2.71 bits per heavy atom. The van der Waals surface area contributed by atoms with Crippen LogP contribution in [0.25, 0.3) is 33.5 Å². The second-order valence-electron chi connectivity index (χ2n) is 12.5. The highest BCUT2D eigenvalue weighted by molar-refractivity contribution is 5.94. The van der Waals surface area contributed by atoms with E-state index in [9.17, 15) is 9.50 Å². The van der Waals surface area contributed by atoms with Crippen LogP contribution in [0.2, 0.25) is 0 Å². The Hall–Kier alpha value is -3.19. The van der Waals surface area contributed by atoms with Crippen molar-refractivity contribution in [1.29, 1.82) is 0 Å². The zero-order valence-corrected chi connectivity index (χ0v) is 23.1. The van der Waals surface area contributed by atoms with Gasteiger partial charge in [0, 0.05) is 24.9 Å². The van der Waals surface area contributed by atoms with Gasteiger partial charge in [-0.15, -0.1) is 0 Å². The second kappa shape index (κ2) is 8.94. The van der Waals surface area contributed by atoms with Crippen molar-refractivity contribution in [3.63, 3.8) is 0 Å². The summed E-state index contributed by atoms with van der Waals surface area (Å²) in [7, 11) is 0. The molecule has 0 radical (unpaired) electrons. The third-order valence-corrected chi connectivity index (χ3v) is 9.88. The first-order valence-electron chi connectivity index (χ1n) is 13.9. The molecule has 1 atom stereocenters. The molecule has 7 heteroatoms. The Morgan fingerprint density at radius 2 is 1.97 bits per heavy atom. The number of benzene rings is 2. The Labute approximate surface area is 223 Å². The lowest BCUT2D eigenvalue weighted by atomic mass is 9.46. The summed E-state index contributed by atoms with van der Waals surface area (Å²) >= 11 is 0. The molecule has 0 spiro atoms. The fourth-order valence-electron chi connectivity index (χ4n) is 6.54. The van der Waals surface area contributed by atoms with E-state index in [-0.39, 0.29) is 5.75 Å². The van der Waals surface area contributed by atoms with Gasteiger partial charge < -0.3 is 10.1 Å². The minimum Gasteiger partial charge on any atom is -0.505 e. The summed E-state index contributed by atoms with van der Waals surface area (Å²) in [5.74, 6) is 0.662. The first kappa shape index (κ1) is 25.1. The van der Waals surface area contributed by atoms with Crippen LogP contribution in [0.3, 0.4) is 0 Å². The van der Waals surface area contributed by atoms with Crippen LogP contribution in [0.15, 0.2) is 30.3 Å². The molecule has 0 amide bonds. The van der Waals surface area contributed by atoms with Crippen molar-refractivity contribution in [3.05, 3.63) is 53.1 Å². The van der Waals surface area contributed by atoms with Crippen molar-refractivity contribution in [2.45, 2.75) is 66.8 Å². The van der Waals surface area contributed by atoms with Gasteiger partial charge in [-0.3, -0.25) is 10.00 Å². The van der Waals surface area contributed by atoms with Crippen LogP contribution in [0.5, 0.6) is 5.75 Å². The molecule has 3 N–H and O–H groups in total. The number of H-pyrrole nitrogens is 2. The summed E-state index contributed by atoms with van der Waals surface area (Å²) < 4.78 is 14.1. The summed E-state index contributed by atoms with van der Waals surface area (Å²) in [4.78, 5) is 11.1. The topological polar surface area (TPSA) is 80.8 Å². The van der Waals surface area contributed by atoms with Crippen LogP contribution >= 0.6 is 0 Å². The largest absolute Gasteiger partial charge is 0.505 e. The Bertz CT molecular complexity index is 1510. The summed E-state index contributed by atoms with van der Waals surface area (Å²) in [6.07, 6.45) is 4.22. The molecule has 2 aromatic carbocycles. The number of aromatic nitrogens is 4. The van der Waals surface area contributed by atoms with E-state index in [0.717, 1.165) is 76.8 Å².